The molecule has 0 aromatic heterocycles. The number of ether oxygens (including phenoxy) is 1. The Morgan fingerprint density at radius 1 is 1.05 bits per heavy atom. The van der Waals surface area contributed by atoms with Crippen LogP contribution in [0, 0.1) is 5.92 Å². The van der Waals surface area contributed by atoms with E-state index in [1.54, 1.807) is 0 Å². The number of aliphatic hydroxyl groups excluding tert-OH is 2. The minimum absolute atomic E-state index is 0.0394. The summed E-state index contributed by atoms with van der Waals surface area (Å²) in [6.07, 6.45) is 2.14. The van der Waals surface area contributed by atoms with E-state index in [1.807, 2.05) is 13.8 Å². The molecule has 0 saturated carbocycles. The average molecular weight is 276 g/mol. The van der Waals surface area contributed by atoms with Crippen molar-refractivity contribution in [2.45, 2.75) is 72.0 Å². The molecule has 3 unspecified atom stereocenters. The summed E-state index contributed by atoms with van der Waals surface area (Å²) in [5, 5.41) is 19.9. The molecular weight excluding hydrogens is 242 g/mol. The molecule has 0 aliphatic heterocycles. The van der Waals surface area contributed by atoms with Gasteiger partial charge in [0.2, 0.25) is 0 Å². The summed E-state index contributed by atoms with van der Waals surface area (Å²) in [5.74, 6) is 0.611. The van der Waals surface area contributed by atoms with E-state index in [0.717, 1.165) is 19.4 Å². The lowest BCUT2D eigenvalue weighted by Gasteiger charge is -2.36. The van der Waals surface area contributed by atoms with Gasteiger partial charge in [0, 0.05) is 12.3 Å². The lowest BCUT2D eigenvalue weighted by Crippen LogP contribution is -2.51. The molecule has 0 heterocycles. The Balaban J connectivity index is 3.98. The molecule has 0 aliphatic carbocycles. The SMILES string of the molecule is CCC(C)C[N+](C)(C)C(O)CCCC(O)OC(C)C. The maximum absolute atomic E-state index is 10.3. The number of rotatable bonds is 10. The second kappa shape index (κ2) is 8.90. The highest BCUT2D eigenvalue weighted by molar-refractivity contribution is 4.53. The third kappa shape index (κ3) is 8.58. The lowest BCUT2D eigenvalue weighted by atomic mass is 10.1. The van der Waals surface area contributed by atoms with E-state index in [0.29, 0.717) is 23.2 Å². The third-order valence-electron chi connectivity index (χ3n) is 3.63. The van der Waals surface area contributed by atoms with E-state index in [-0.39, 0.29) is 12.3 Å². The summed E-state index contributed by atoms with van der Waals surface area (Å²) < 4.78 is 5.89. The van der Waals surface area contributed by atoms with Gasteiger partial charge < -0.3 is 19.4 Å². The highest BCUT2D eigenvalue weighted by Gasteiger charge is 2.27. The quantitative estimate of drug-likeness (QED) is 0.476. The molecule has 0 bridgehead atoms. The zero-order chi connectivity index (χ0) is 15.1. The van der Waals surface area contributed by atoms with E-state index in [9.17, 15) is 10.2 Å². The van der Waals surface area contributed by atoms with Gasteiger partial charge in [0.05, 0.1) is 26.7 Å². The average Bonchev–Trinajstić information content (AvgIpc) is 2.26. The van der Waals surface area contributed by atoms with Gasteiger partial charge in [-0.25, -0.2) is 0 Å². The van der Waals surface area contributed by atoms with Crippen molar-refractivity contribution in [1.82, 2.24) is 0 Å². The molecule has 0 rings (SSSR count). The Hall–Kier alpha value is -0.160. The van der Waals surface area contributed by atoms with E-state index >= 15 is 0 Å². The van der Waals surface area contributed by atoms with Crippen molar-refractivity contribution in [1.29, 1.82) is 0 Å². The predicted octanol–water partition coefficient (Wildman–Crippen LogP) is 2.34. The maximum atomic E-state index is 10.3. The molecule has 0 spiro atoms. The summed E-state index contributed by atoms with van der Waals surface area (Å²) in [6.45, 7) is 9.18. The van der Waals surface area contributed by atoms with Crippen LogP contribution in [0.5, 0.6) is 0 Å². The van der Waals surface area contributed by atoms with Crippen molar-refractivity contribution < 1.29 is 19.4 Å². The Labute approximate surface area is 119 Å². The van der Waals surface area contributed by atoms with Crippen molar-refractivity contribution in [2.24, 2.45) is 5.92 Å². The molecule has 4 nitrogen and oxygen atoms in total. The maximum Gasteiger partial charge on any atom is 0.190 e. The van der Waals surface area contributed by atoms with Crippen LogP contribution in [0.1, 0.15) is 53.4 Å². The summed E-state index contributed by atoms with van der Waals surface area (Å²) >= 11 is 0. The molecule has 3 atom stereocenters. The fraction of sp³-hybridized carbons (Fsp3) is 1.00. The van der Waals surface area contributed by atoms with E-state index in [2.05, 4.69) is 27.9 Å². The van der Waals surface area contributed by atoms with E-state index in [1.165, 1.54) is 0 Å². The van der Waals surface area contributed by atoms with Crippen molar-refractivity contribution in [3.8, 4) is 0 Å². The monoisotopic (exact) mass is 276 g/mol. The molecule has 0 aliphatic rings. The smallest absolute Gasteiger partial charge is 0.190 e. The Kier molecular flexibility index (Phi) is 8.83. The molecule has 0 aromatic rings. The fourth-order valence-electron chi connectivity index (χ4n) is 2.26. The number of hydrogen-bond donors (Lipinski definition) is 2. The van der Waals surface area contributed by atoms with Crippen LogP contribution in [0.25, 0.3) is 0 Å². The minimum Gasteiger partial charge on any atom is -0.368 e. The molecule has 0 fully saturated rings. The summed E-state index contributed by atoms with van der Waals surface area (Å²) in [4.78, 5) is 0. The summed E-state index contributed by atoms with van der Waals surface area (Å²) in [7, 11) is 4.13. The van der Waals surface area contributed by atoms with Gasteiger partial charge in [0.15, 0.2) is 12.5 Å². The fourth-order valence-corrected chi connectivity index (χ4v) is 2.26. The van der Waals surface area contributed by atoms with Crippen LogP contribution in [0.3, 0.4) is 0 Å². The predicted molar refractivity (Wildman–Crippen MR) is 78.5 cm³/mol. The van der Waals surface area contributed by atoms with Crippen molar-refractivity contribution >= 4 is 0 Å². The van der Waals surface area contributed by atoms with Crippen LogP contribution in [-0.2, 0) is 4.74 Å². The summed E-state index contributed by atoms with van der Waals surface area (Å²) in [5.41, 5.74) is 0. The molecule has 2 N–H and O–H groups in total. The van der Waals surface area contributed by atoms with Crippen molar-refractivity contribution in [3.05, 3.63) is 0 Å². The Morgan fingerprint density at radius 2 is 1.63 bits per heavy atom. The first-order chi connectivity index (χ1) is 8.69. The zero-order valence-corrected chi connectivity index (χ0v) is 13.6. The largest absolute Gasteiger partial charge is 0.368 e. The zero-order valence-electron chi connectivity index (χ0n) is 13.6. The normalized spacial score (nSPS) is 17.5. The topological polar surface area (TPSA) is 49.7 Å². The van der Waals surface area contributed by atoms with Gasteiger partial charge in [-0.15, -0.1) is 0 Å². The molecule has 4 heteroatoms. The summed E-state index contributed by atoms with van der Waals surface area (Å²) in [6, 6.07) is 0. The second-order valence-corrected chi connectivity index (χ2v) is 6.53. The Bertz CT molecular complexity index is 231. The number of aliphatic hydroxyl groups is 2. The molecule has 116 valence electrons. The van der Waals surface area contributed by atoms with Crippen molar-refractivity contribution in [2.75, 3.05) is 20.6 Å². The van der Waals surface area contributed by atoms with Gasteiger partial charge >= 0.3 is 0 Å². The lowest BCUT2D eigenvalue weighted by molar-refractivity contribution is -0.939. The van der Waals surface area contributed by atoms with E-state index < -0.39 is 6.29 Å². The molecule has 0 radical (unpaired) electrons. The first-order valence-electron chi connectivity index (χ1n) is 7.53. The molecule has 0 amide bonds. The van der Waals surface area contributed by atoms with Crippen LogP contribution in [-0.4, -0.2) is 54.0 Å². The van der Waals surface area contributed by atoms with Gasteiger partial charge in [-0.05, 0) is 33.1 Å². The van der Waals surface area contributed by atoms with Crippen LogP contribution in [0.15, 0.2) is 0 Å². The molecular formula is C15H34NO3+. The van der Waals surface area contributed by atoms with Gasteiger partial charge in [-0.3, -0.25) is 0 Å². The van der Waals surface area contributed by atoms with Crippen LogP contribution < -0.4 is 0 Å². The van der Waals surface area contributed by atoms with Crippen LogP contribution in [0.4, 0.5) is 0 Å². The minimum atomic E-state index is -0.711. The van der Waals surface area contributed by atoms with Gasteiger partial charge in [-0.2, -0.15) is 0 Å². The van der Waals surface area contributed by atoms with Crippen LogP contribution >= 0.6 is 0 Å². The first-order valence-corrected chi connectivity index (χ1v) is 7.53. The highest BCUT2D eigenvalue weighted by atomic mass is 16.6. The van der Waals surface area contributed by atoms with Gasteiger partial charge in [0.25, 0.3) is 0 Å². The number of nitrogens with zero attached hydrogens (tertiary/aromatic N) is 1. The first kappa shape index (κ1) is 18.8. The molecule has 0 aromatic carbocycles. The molecule has 19 heavy (non-hydrogen) atoms. The number of quaternary nitrogens is 1. The standard InChI is InChI=1S/C15H34NO3/c1-7-13(4)11-16(5,6)14(17)9-8-10-15(18)19-12(2)3/h12-15,17-18H,7-11H2,1-6H3/q+1. The van der Waals surface area contributed by atoms with Crippen molar-refractivity contribution in [3.63, 3.8) is 0 Å². The van der Waals surface area contributed by atoms with E-state index in [4.69, 9.17) is 4.74 Å². The van der Waals surface area contributed by atoms with Gasteiger partial charge in [-0.1, -0.05) is 13.8 Å². The van der Waals surface area contributed by atoms with Crippen LogP contribution in [0.2, 0.25) is 0 Å². The Morgan fingerprint density at radius 3 is 2.11 bits per heavy atom. The molecule has 0 saturated heterocycles. The van der Waals surface area contributed by atoms with Gasteiger partial charge in [0.1, 0.15) is 0 Å². The number of hydrogen-bond acceptors (Lipinski definition) is 3. The second-order valence-electron chi connectivity index (χ2n) is 6.53. The highest BCUT2D eigenvalue weighted by Crippen LogP contribution is 2.17. The third-order valence-corrected chi connectivity index (χ3v) is 3.63.